The predicted octanol–water partition coefficient (Wildman–Crippen LogP) is 2.85. The number of pyridine rings is 2. The zero-order valence-corrected chi connectivity index (χ0v) is 18.5. The van der Waals surface area contributed by atoms with Crippen molar-refractivity contribution in [2.24, 2.45) is 18.7 Å². The summed E-state index contributed by atoms with van der Waals surface area (Å²) in [5, 5.41) is 2.14. The Hall–Kier alpha value is -2.93. The minimum atomic E-state index is -0.169. The van der Waals surface area contributed by atoms with Crippen molar-refractivity contribution in [2.75, 3.05) is 20.7 Å². The van der Waals surface area contributed by atoms with Crippen molar-refractivity contribution in [3.63, 3.8) is 0 Å². The zero-order valence-electron chi connectivity index (χ0n) is 18.5. The number of carbonyl (C=O) groups excluding carboxylic acids is 1. The summed E-state index contributed by atoms with van der Waals surface area (Å²) in [5.41, 5.74) is 7.86. The van der Waals surface area contributed by atoms with E-state index < -0.39 is 0 Å². The lowest BCUT2D eigenvalue weighted by atomic mass is 10.0. The molecule has 1 unspecified atom stereocenters. The molecule has 2 heterocycles. The van der Waals surface area contributed by atoms with Gasteiger partial charge < -0.3 is 19.9 Å². The highest BCUT2D eigenvalue weighted by Gasteiger charge is 2.20. The van der Waals surface area contributed by atoms with Gasteiger partial charge in [-0.25, -0.2) is 0 Å². The Bertz CT molecular complexity index is 1160. The van der Waals surface area contributed by atoms with E-state index in [0.29, 0.717) is 40.4 Å². The van der Waals surface area contributed by atoms with Crippen LogP contribution in [0.5, 0.6) is 5.75 Å². The number of nitrogens with zero attached hydrogens (tertiary/aromatic N) is 3. The van der Waals surface area contributed by atoms with Gasteiger partial charge in [0.25, 0.3) is 11.5 Å². The molecule has 7 heteroatoms. The number of rotatable bonds is 6. The van der Waals surface area contributed by atoms with E-state index in [-0.39, 0.29) is 17.5 Å². The molecule has 7 nitrogen and oxygen atoms in total. The molecular weight excluding hydrogens is 380 g/mol. The Labute approximate surface area is 176 Å². The number of fused-ring (bicyclic) bond motifs is 3. The van der Waals surface area contributed by atoms with Crippen LogP contribution in [0.1, 0.15) is 36.3 Å². The molecule has 3 aromatic rings. The first-order chi connectivity index (χ1) is 14.1. The second-order valence-corrected chi connectivity index (χ2v) is 8.45. The van der Waals surface area contributed by atoms with Crippen LogP contribution in [0.4, 0.5) is 0 Å². The topological polar surface area (TPSA) is 90.5 Å². The third kappa shape index (κ3) is 4.03. The maximum Gasteiger partial charge on any atom is 0.260 e. The van der Waals surface area contributed by atoms with E-state index in [9.17, 15) is 9.59 Å². The van der Waals surface area contributed by atoms with Crippen LogP contribution in [0.15, 0.2) is 29.2 Å². The molecule has 0 aliphatic carbocycles. The lowest BCUT2D eigenvalue weighted by molar-refractivity contribution is 0.0823. The molecule has 2 aromatic heterocycles. The Kier molecular flexibility index (Phi) is 6.12. The summed E-state index contributed by atoms with van der Waals surface area (Å²) >= 11 is 0. The van der Waals surface area contributed by atoms with Crippen molar-refractivity contribution in [3.05, 3.63) is 46.0 Å². The maximum atomic E-state index is 13.0. The molecule has 0 aliphatic heterocycles. The first-order valence-corrected chi connectivity index (χ1v) is 10.1. The fraction of sp³-hybridized carbons (Fsp3) is 0.435. The van der Waals surface area contributed by atoms with E-state index in [0.717, 1.165) is 17.2 Å². The van der Waals surface area contributed by atoms with Gasteiger partial charge in [0.2, 0.25) is 0 Å². The molecular formula is C23H30N4O3. The summed E-state index contributed by atoms with van der Waals surface area (Å²) in [5.74, 6) is 0.713. The molecule has 2 N–H and O–H groups in total. The molecule has 0 bridgehead atoms. The van der Waals surface area contributed by atoms with Gasteiger partial charge in [0.1, 0.15) is 12.4 Å². The van der Waals surface area contributed by atoms with E-state index in [4.69, 9.17) is 10.5 Å². The van der Waals surface area contributed by atoms with E-state index in [1.54, 1.807) is 38.0 Å². The van der Waals surface area contributed by atoms with Crippen molar-refractivity contribution >= 4 is 27.6 Å². The van der Waals surface area contributed by atoms with Crippen molar-refractivity contribution in [1.82, 2.24) is 14.5 Å². The monoisotopic (exact) mass is 410 g/mol. The van der Waals surface area contributed by atoms with Gasteiger partial charge in [-0.15, -0.1) is 0 Å². The molecule has 1 atom stereocenters. The predicted molar refractivity (Wildman–Crippen MR) is 120 cm³/mol. The molecule has 0 fully saturated rings. The largest absolute Gasteiger partial charge is 0.491 e. The molecule has 0 radical (unpaired) electrons. The fourth-order valence-corrected chi connectivity index (χ4v) is 3.80. The summed E-state index contributed by atoms with van der Waals surface area (Å²) < 4.78 is 7.59. The summed E-state index contributed by atoms with van der Waals surface area (Å²) in [7, 11) is 5.12. The zero-order chi connectivity index (χ0) is 22.2. The van der Waals surface area contributed by atoms with Crippen LogP contribution in [0.2, 0.25) is 0 Å². The average molecular weight is 411 g/mol. The second-order valence-electron chi connectivity index (χ2n) is 8.45. The molecule has 0 spiro atoms. The van der Waals surface area contributed by atoms with Crippen molar-refractivity contribution < 1.29 is 9.53 Å². The second kappa shape index (κ2) is 8.44. The van der Waals surface area contributed by atoms with Gasteiger partial charge in [-0.1, -0.05) is 13.8 Å². The van der Waals surface area contributed by atoms with Gasteiger partial charge in [0.15, 0.2) is 0 Å². The number of hydrogen-bond acceptors (Lipinski definition) is 5. The van der Waals surface area contributed by atoms with Crippen molar-refractivity contribution in [2.45, 2.75) is 33.2 Å². The minimum Gasteiger partial charge on any atom is -0.491 e. The summed E-state index contributed by atoms with van der Waals surface area (Å²) in [6, 6.07) is 5.25. The van der Waals surface area contributed by atoms with Crippen LogP contribution in [-0.2, 0) is 7.05 Å². The molecule has 0 saturated heterocycles. The van der Waals surface area contributed by atoms with E-state index >= 15 is 0 Å². The highest BCUT2D eigenvalue weighted by molar-refractivity contribution is 6.10. The summed E-state index contributed by atoms with van der Waals surface area (Å²) in [6.07, 6.45) is 2.50. The lowest BCUT2D eigenvalue weighted by Gasteiger charge is -2.20. The van der Waals surface area contributed by atoms with Crippen LogP contribution >= 0.6 is 0 Å². The van der Waals surface area contributed by atoms with Gasteiger partial charge in [-0.2, -0.15) is 0 Å². The number of ether oxygens (including phenoxy) is 1. The number of carbonyl (C=O) groups is 1. The molecule has 3 rings (SSSR count). The number of amides is 1. The number of benzene rings is 1. The normalized spacial score (nSPS) is 12.5. The number of nitrogens with two attached hydrogens (primary N) is 1. The standard InChI is InChI=1S/C23H30N4O3/c1-13(2)9-15(24)12-30-20-11-19-17(10-18(20)22(28)26(4)5)16-7-8-25-14(3)21(16)23(29)27(19)6/h7-8,10-11,13,15H,9,12,24H2,1-6H3. The number of aromatic nitrogens is 2. The van der Waals surface area contributed by atoms with E-state index in [1.165, 1.54) is 4.90 Å². The molecule has 1 aromatic carbocycles. The van der Waals surface area contributed by atoms with Crippen molar-refractivity contribution in [1.29, 1.82) is 0 Å². The van der Waals surface area contributed by atoms with E-state index in [1.807, 2.05) is 19.1 Å². The van der Waals surface area contributed by atoms with Crippen LogP contribution < -0.4 is 16.0 Å². The minimum absolute atomic E-state index is 0.128. The van der Waals surface area contributed by atoms with Gasteiger partial charge in [0, 0.05) is 44.8 Å². The maximum absolute atomic E-state index is 13.0. The van der Waals surface area contributed by atoms with Gasteiger partial charge in [-0.3, -0.25) is 14.6 Å². The average Bonchev–Trinajstić information content (AvgIpc) is 2.68. The van der Waals surface area contributed by atoms with Gasteiger partial charge >= 0.3 is 0 Å². The van der Waals surface area contributed by atoms with Crippen LogP contribution in [0, 0.1) is 12.8 Å². The number of hydrogen-bond donors (Lipinski definition) is 1. The third-order valence-corrected chi connectivity index (χ3v) is 5.27. The van der Waals surface area contributed by atoms with Crippen molar-refractivity contribution in [3.8, 4) is 5.75 Å². The lowest BCUT2D eigenvalue weighted by Crippen LogP contribution is -2.30. The molecule has 0 aliphatic rings. The van der Waals surface area contributed by atoms with Gasteiger partial charge in [-0.05, 0) is 36.8 Å². The third-order valence-electron chi connectivity index (χ3n) is 5.27. The van der Waals surface area contributed by atoms with Crippen LogP contribution in [-0.4, -0.2) is 47.1 Å². The Morgan fingerprint density at radius 2 is 1.97 bits per heavy atom. The first kappa shape index (κ1) is 21.8. The smallest absolute Gasteiger partial charge is 0.260 e. The summed E-state index contributed by atoms with van der Waals surface area (Å²) in [4.78, 5) is 31.7. The first-order valence-electron chi connectivity index (χ1n) is 10.1. The molecule has 1 amide bonds. The highest BCUT2D eigenvalue weighted by Crippen LogP contribution is 2.31. The SMILES string of the molecule is Cc1nccc2c1c(=O)n(C)c1cc(OCC(N)CC(C)C)c(C(=O)N(C)C)cc21. The van der Waals surface area contributed by atoms with Crippen LogP contribution in [0.25, 0.3) is 21.7 Å². The molecule has 160 valence electrons. The van der Waals surface area contributed by atoms with E-state index in [2.05, 4.69) is 18.8 Å². The van der Waals surface area contributed by atoms with Crippen LogP contribution in [0.3, 0.4) is 0 Å². The fourth-order valence-electron chi connectivity index (χ4n) is 3.80. The Morgan fingerprint density at radius 1 is 1.27 bits per heavy atom. The highest BCUT2D eigenvalue weighted by atomic mass is 16.5. The molecule has 30 heavy (non-hydrogen) atoms. The Morgan fingerprint density at radius 3 is 2.60 bits per heavy atom. The molecule has 0 saturated carbocycles. The summed E-state index contributed by atoms with van der Waals surface area (Å²) in [6.45, 7) is 6.32. The van der Waals surface area contributed by atoms with Gasteiger partial charge in [0.05, 0.1) is 22.2 Å². The quantitative estimate of drug-likeness (QED) is 0.631. The Balaban J connectivity index is 2.24. The number of aryl methyl sites for hydroxylation is 2.